The van der Waals surface area contributed by atoms with E-state index in [9.17, 15) is 9.18 Å². The van der Waals surface area contributed by atoms with Gasteiger partial charge in [-0.1, -0.05) is 12.1 Å². The lowest BCUT2D eigenvalue weighted by molar-refractivity contribution is 0.615. The number of nitrogens with zero attached hydrogens (tertiary/aromatic N) is 3. The summed E-state index contributed by atoms with van der Waals surface area (Å²) in [6, 6.07) is 7.67. The van der Waals surface area contributed by atoms with Gasteiger partial charge >= 0.3 is 0 Å². The van der Waals surface area contributed by atoms with Gasteiger partial charge in [-0.15, -0.1) is 0 Å². The van der Waals surface area contributed by atoms with Crippen LogP contribution in [0.4, 0.5) is 4.39 Å². The molecule has 3 aromatic rings. The fraction of sp³-hybridized carbons (Fsp3) is 0. The summed E-state index contributed by atoms with van der Waals surface area (Å²) in [5, 5.41) is 0.333. The molecule has 4 nitrogen and oxygen atoms in total. The van der Waals surface area contributed by atoms with Crippen molar-refractivity contribution >= 4 is 27.0 Å². The monoisotopic (exact) mass is 319 g/mol. The molecule has 0 aliphatic rings. The highest BCUT2D eigenvalue weighted by molar-refractivity contribution is 9.10. The van der Waals surface area contributed by atoms with Crippen molar-refractivity contribution in [2.45, 2.75) is 0 Å². The van der Waals surface area contributed by atoms with E-state index in [0.29, 0.717) is 15.5 Å². The molecule has 0 saturated carbocycles. The van der Waals surface area contributed by atoms with Gasteiger partial charge in [0.15, 0.2) is 5.65 Å². The smallest absolute Gasteiger partial charge is 0.267 e. The molecular weight excluding hydrogens is 313 g/mol. The molecule has 6 heteroatoms. The summed E-state index contributed by atoms with van der Waals surface area (Å²) in [4.78, 5) is 20.4. The van der Waals surface area contributed by atoms with Crippen LogP contribution in [0.3, 0.4) is 0 Å². The third-order valence-corrected chi connectivity index (χ3v) is 3.12. The zero-order valence-corrected chi connectivity index (χ0v) is 11.1. The molecule has 0 fully saturated rings. The molecule has 0 spiro atoms. The number of pyridine rings is 1. The summed E-state index contributed by atoms with van der Waals surface area (Å²) in [5.74, 6) is -0.478. The van der Waals surface area contributed by atoms with E-state index >= 15 is 0 Å². The summed E-state index contributed by atoms with van der Waals surface area (Å²) in [5.41, 5.74) is 0.145. The van der Waals surface area contributed by atoms with Crippen LogP contribution in [0.15, 0.2) is 52.1 Å². The number of para-hydroxylation sites is 1. The average molecular weight is 320 g/mol. The minimum Gasteiger partial charge on any atom is -0.268 e. The highest BCUT2D eigenvalue weighted by Gasteiger charge is 2.10. The summed E-state index contributed by atoms with van der Waals surface area (Å²) < 4.78 is 15.6. The van der Waals surface area contributed by atoms with Crippen molar-refractivity contribution in [2.24, 2.45) is 0 Å². The zero-order valence-electron chi connectivity index (χ0n) is 9.55. The first kappa shape index (κ1) is 12.0. The lowest BCUT2D eigenvalue weighted by atomic mass is 10.3. The van der Waals surface area contributed by atoms with E-state index in [0.717, 1.165) is 0 Å². The predicted molar refractivity (Wildman–Crippen MR) is 72.8 cm³/mol. The summed E-state index contributed by atoms with van der Waals surface area (Å²) >= 11 is 3.25. The molecule has 94 valence electrons. The first-order valence-electron chi connectivity index (χ1n) is 5.44. The van der Waals surface area contributed by atoms with Crippen molar-refractivity contribution in [1.82, 2.24) is 14.5 Å². The topological polar surface area (TPSA) is 47.8 Å². The first-order valence-corrected chi connectivity index (χ1v) is 6.24. The van der Waals surface area contributed by atoms with Gasteiger partial charge in [0, 0.05) is 10.7 Å². The van der Waals surface area contributed by atoms with Crippen molar-refractivity contribution < 1.29 is 4.39 Å². The second-order valence-electron chi connectivity index (χ2n) is 3.90. The van der Waals surface area contributed by atoms with Crippen molar-refractivity contribution in [3.8, 4) is 5.69 Å². The number of aromatic nitrogens is 3. The molecule has 3 rings (SSSR count). The van der Waals surface area contributed by atoms with Crippen LogP contribution in [-0.2, 0) is 0 Å². The van der Waals surface area contributed by atoms with Gasteiger partial charge < -0.3 is 0 Å². The Labute approximate surface area is 115 Å². The maximum Gasteiger partial charge on any atom is 0.267 e. The van der Waals surface area contributed by atoms with Crippen molar-refractivity contribution in [3.05, 3.63) is 63.5 Å². The van der Waals surface area contributed by atoms with Crippen LogP contribution in [-0.4, -0.2) is 14.5 Å². The Kier molecular flexibility index (Phi) is 2.87. The number of hydrogen-bond acceptors (Lipinski definition) is 3. The lowest BCUT2D eigenvalue weighted by Crippen LogP contribution is -2.20. The molecule has 2 heterocycles. The molecule has 1 aromatic carbocycles. The summed E-state index contributed by atoms with van der Waals surface area (Å²) in [6.07, 6.45) is 2.84. The van der Waals surface area contributed by atoms with Crippen molar-refractivity contribution in [2.75, 3.05) is 0 Å². The molecule has 0 saturated heterocycles. The van der Waals surface area contributed by atoms with Gasteiger partial charge in [-0.05, 0) is 34.1 Å². The largest absolute Gasteiger partial charge is 0.268 e. The fourth-order valence-corrected chi connectivity index (χ4v) is 2.14. The average Bonchev–Trinajstić information content (AvgIpc) is 2.41. The van der Waals surface area contributed by atoms with Gasteiger partial charge in [0.1, 0.15) is 12.1 Å². The SMILES string of the molecule is O=c1c2cc(Br)cnc2ncn1-c1ccccc1F. The molecule has 19 heavy (non-hydrogen) atoms. The second-order valence-corrected chi connectivity index (χ2v) is 4.81. The Bertz CT molecular complexity index is 831. The third kappa shape index (κ3) is 2.04. The van der Waals surface area contributed by atoms with E-state index in [1.165, 1.54) is 23.0 Å². The van der Waals surface area contributed by atoms with Crippen LogP contribution in [0.25, 0.3) is 16.7 Å². The van der Waals surface area contributed by atoms with Crippen molar-refractivity contribution in [1.29, 1.82) is 0 Å². The van der Waals surface area contributed by atoms with E-state index in [1.54, 1.807) is 24.4 Å². The number of benzene rings is 1. The maximum atomic E-state index is 13.7. The Hall–Kier alpha value is -2.08. The normalized spacial score (nSPS) is 10.8. The van der Waals surface area contributed by atoms with Crippen LogP contribution in [0.5, 0.6) is 0 Å². The van der Waals surface area contributed by atoms with Crippen LogP contribution < -0.4 is 5.56 Å². The number of hydrogen-bond donors (Lipinski definition) is 0. The molecule has 0 bridgehead atoms. The zero-order chi connectivity index (χ0) is 13.4. The Morgan fingerprint density at radius 1 is 1.21 bits per heavy atom. The van der Waals surface area contributed by atoms with E-state index in [2.05, 4.69) is 25.9 Å². The molecule has 0 atom stereocenters. The highest BCUT2D eigenvalue weighted by atomic mass is 79.9. The van der Waals surface area contributed by atoms with Gasteiger partial charge in [0.2, 0.25) is 0 Å². The third-order valence-electron chi connectivity index (χ3n) is 2.69. The van der Waals surface area contributed by atoms with Crippen LogP contribution >= 0.6 is 15.9 Å². The van der Waals surface area contributed by atoms with Gasteiger partial charge in [0.05, 0.1) is 11.1 Å². The second kappa shape index (κ2) is 4.55. The molecule has 0 amide bonds. The van der Waals surface area contributed by atoms with Crippen LogP contribution in [0.2, 0.25) is 0 Å². The molecule has 0 aliphatic heterocycles. The maximum absolute atomic E-state index is 13.7. The molecule has 2 aromatic heterocycles. The van der Waals surface area contributed by atoms with Crippen LogP contribution in [0.1, 0.15) is 0 Å². The number of rotatable bonds is 1. The van der Waals surface area contributed by atoms with E-state index in [-0.39, 0.29) is 11.2 Å². The predicted octanol–water partition coefficient (Wildman–Crippen LogP) is 2.68. The quantitative estimate of drug-likeness (QED) is 0.693. The van der Waals surface area contributed by atoms with Gasteiger partial charge in [-0.3, -0.25) is 9.36 Å². The van der Waals surface area contributed by atoms with Gasteiger partial charge in [-0.2, -0.15) is 0 Å². The molecule has 0 N–H and O–H groups in total. The Balaban J connectivity index is 2.35. The van der Waals surface area contributed by atoms with E-state index in [4.69, 9.17) is 0 Å². The van der Waals surface area contributed by atoms with Gasteiger partial charge in [0.25, 0.3) is 5.56 Å². The van der Waals surface area contributed by atoms with Crippen molar-refractivity contribution in [3.63, 3.8) is 0 Å². The Morgan fingerprint density at radius 2 is 2.00 bits per heavy atom. The highest BCUT2D eigenvalue weighted by Crippen LogP contribution is 2.14. The fourth-order valence-electron chi connectivity index (χ4n) is 1.81. The van der Waals surface area contributed by atoms with E-state index in [1.807, 2.05) is 0 Å². The van der Waals surface area contributed by atoms with E-state index < -0.39 is 5.82 Å². The molecule has 0 radical (unpaired) electrons. The summed E-state index contributed by atoms with van der Waals surface area (Å²) in [7, 11) is 0. The molecular formula is C13H7BrFN3O. The minimum atomic E-state index is -0.478. The number of halogens is 2. The Morgan fingerprint density at radius 3 is 2.79 bits per heavy atom. The number of fused-ring (bicyclic) bond motifs is 1. The standard InChI is InChI=1S/C13H7BrFN3O/c14-8-5-9-12(16-6-8)17-7-18(13(9)19)11-4-2-1-3-10(11)15/h1-7H. The molecule has 0 aliphatic carbocycles. The van der Waals surface area contributed by atoms with Crippen LogP contribution in [0, 0.1) is 5.82 Å². The summed E-state index contributed by atoms with van der Waals surface area (Å²) in [6.45, 7) is 0. The minimum absolute atomic E-state index is 0.168. The van der Waals surface area contributed by atoms with Gasteiger partial charge in [-0.25, -0.2) is 14.4 Å². The lowest BCUT2D eigenvalue weighted by Gasteiger charge is -2.07. The molecule has 0 unspecified atom stereocenters. The first-order chi connectivity index (χ1) is 9.16.